The van der Waals surface area contributed by atoms with Crippen LogP contribution in [-0.2, 0) is 0 Å². The molecule has 0 aliphatic rings. The Hall–Kier alpha value is -0.256. The van der Waals surface area contributed by atoms with Gasteiger partial charge in [0.2, 0.25) is 0 Å². The second-order valence-electron chi connectivity index (χ2n) is 8.01. The highest BCUT2D eigenvalue weighted by Crippen LogP contribution is 2.29. The molecule has 2 aromatic carbocycles. The summed E-state index contributed by atoms with van der Waals surface area (Å²) in [5, 5.41) is 4.79. The zero-order chi connectivity index (χ0) is 17.6. The van der Waals surface area contributed by atoms with Crippen LogP contribution >= 0.6 is 34.8 Å². The third-order valence-corrected chi connectivity index (χ3v) is 9.37. The van der Waals surface area contributed by atoms with Crippen molar-refractivity contribution < 1.29 is 0 Å². The first-order chi connectivity index (χ1) is 10.4. The molecule has 0 nitrogen and oxygen atoms in total. The summed E-state index contributed by atoms with van der Waals surface area (Å²) >= 11 is 19.5. The molecule has 0 bridgehead atoms. The first-order valence-corrected chi connectivity index (χ1v) is 15.8. The molecule has 0 saturated heterocycles. The fourth-order valence-electron chi connectivity index (χ4n) is 2.74. The molecule has 0 aliphatic heterocycles. The van der Waals surface area contributed by atoms with E-state index in [2.05, 4.69) is 45.3 Å². The lowest BCUT2D eigenvalue weighted by Crippen LogP contribution is -2.39. The highest BCUT2D eigenvalue weighted by atomic mass is 35.5. The maximum atomic E-state index is 6.56. The van der Waals surface area contributed by atoms with Crippen LogP contribution in [0.1, 0.15) is 0 Å². The van der Waals surface area contributed by atoms with Gasteiger partial charge in [0.1, 0.15) is 0 Å². The molecule has 0 saturated carbocycles. The first kappa shape index (κ1) is 19.1. The minimum atomic E-state index is -1.57. The summed E-state index contributed by atoms with van der Waals surface area (Å²) in [6.07, 6.45) is 0. The average molecular weight is 402 g/mol. The highest BCUT2D eigenvalue weighted by molar-refractivity contribution is 6.91. The molecular formula is C18H23Cl3Si2. The molecule has 0 radical (unpaired) electrons. The van der Waals surface area contributed by atoms with Gasteiger partial charge in [-0.1, -0.05) is 86.2 Å². The number of hydrogen-bond donors (Lipinski definition) is 0. The highest BCUT2D eigenvalue weighted by Gasteiger charge is 2.24. The fourth-order valence-corrected chi connectivity index (χ4v) is 8.86. The van der Waals surface area contributed by atoms with Crippen molar-refractivity contribution in [1.82, 2.24) is 0 Å². The van der Waals surface area contributed by atoms with Gasteiger partial charge in [0.15, 0.2) is 0 Å². The zero-order valence-electron chi connectivity index (χ0n) is 14.5. The maximum absolute atomic E-state index is 6.56. The van der Waals surface area contributed by atoms with E-state index in [9.17, 15) is 0 Å². The van der Waals surface area contributed by atoms with E-state index in [0.717, 1.165) is 31.4 Å². The topological polar surface area (TPSA) is 0 Å². The molecule has 124 valence electrons. The van der Waals surface area contributed by atoms with Gasteiger partial charge in [0.05, 0.1) is 16.1 Å². The van der Waals surface area contributed by atoms with Crippen molar-refractivity contribution in [2.75, 3.05) is 0 Å². The van der Waals surface area contributed by atoms with Crippen LogP contribution in [0.3, 0.4) is 0 Å². The van der Waals surface area contributed by atoms with Crippen LogP contribution in [0.2, 0.25) is 54.3 Å². The smallest absolute Gasteiger partial charge is 0.0815 e. The van der Waals surface area contributed by atoms with Gasteiger partial charge in [-0.15, -0.1) is 0 Å². The number of rotatable bonds is 3. The Morgan fingerprint density at radius 3 is 1.57 bits per heavy atom. The molecule has 0 fully saturated rings. The van der Waals surface area contributed by atoms with Crippen molar-refractivity contribution in [1.29, 1.82) is 0 Å². The minimum absolute atomic E-state index is 0.774. The van der Waals surface area contributed by atoms with E-state index in [1.807, 2.05) is 24.3 Å². The second-order valence-corrected chi connectivity index (χ2v) is 19.3. The van der Waals surface area contributed by atoms with Gasteiger partial charge >= 0.3 is 0 Å². The summed E-state index contributed by atoms with van der Waals surface area (Å²) in [6.45, 7) is 13.7. The van der Waals surface area contributed by atoms with Crippen molar-refractivity contribution in [3.8, 4) is 11.1 Å². The summed E-state index contributed by atoms with van der Waals surface area (Å²) in [5.74, 6) is 0. The molecule has 0 atom stereocenters. The van der Waals surface area contributed by atoms with Crippen molar-refractivity contribution in [2.24, 2.45) is 0 Å². The number of benzene rings is 2. The zero-order valence-corrected chi connectivity index (χ0v) is 18.8. The summed E-state index contributed by atoms with van der Waals surface area (Å²) in [6, 6.07) is 10.3. The Balaban J connectivity index is 2.61. The Morgan fingerprint density at radius 2 is 1.13 bits per heavy atom. The summed E-state index contributed by atoms with van der Waals surface area (Å²) < 4.78 is 0. The fraction of sp³-hybridized carbons (Fsp3) is 0.333. The van der Waals surface area contributed by atoms with Crippen molar-refractivity contribution in [3.63, 3.8) is 0 Å². The van der Waals surface area contributed by atoms with Crippen molar-refractivity contribution >= 4 is 61.3 Å². The molecule has 0 heterocycles. The lowest BCUT2D eigenvalue weighted by atomic mass is 10.1. The molecule has 23 heavy (non-hydrogen) atoms. The monoisotopic (exact) mass is 400 g/mol. The summed E-state index contributed by atoms with van der Waals surface area (Å²) in [5.41, 5.74) is 2.18. The SMILES string of the molecule is C[Si](C)(C)c1cc(-c2cc(Cl)c([Si](C)(C)C)c(Cl)c2)ccc1Cl. The van der Waals surface area contributed by atoms with Gasteiger partial charge in [-0.2, -0.15) is 0 Å². The maximum Gasteiger partial charge on any atom is 0.0815 e. The van der Waals surface area contributed by atoms with E-state index >= 15 is 0 Å². The van der Waals surface area contributed by atoms with Crippen LogP contribution in [0.4, 0.5) is 0 Å². The quantitative estimate of drug-likeness (QED) is 0.521. The van der Waals surface area contributed by atoms with Gasteiger partial charge in [-0.05, 0) is 39.7 Å². The number of hydrogen-bond acceptors (Lipinski definition) is 0. The van der Waals surface area contributed by atoms with E-state index in [4.69, 9.17) is 34.8 Å². The molecule has 2 rings (SSSR count). The third kappa shape index (κ3) is 4.23. The van der Waals surface area contributed by atoms with Gasteiger partial charge in [0, 0.05) is 15.1 Å². The Kier molecular flexibility index (Phi) is 5.45. The van der Waals surface area contributed by atoms with E-state index in [1.165, 1.54) is 5.19 Å². The number of halogens is 3. The van der Waals surface area contributed by atoms with Gasteiger partial charge in [-0.3, -0.25) is 0 Å². The second kappa shape index (κ2) is 6.57. The largest absolute Gasteiger partial charge is 0.0845 e. The van der Waals surface area contributed by atoms with Crippen LogP contribution < -0.4 is 10.4 Å². The third-order valence-electron chi connectivity index (χ3n) is 3.90. The van der Waals surface area contributed by atoms with Gasteiger partial charge < -0.3 is 0 Å². The standard InChI is InChI=1S/C18H23Cl3Si2/c1-22(2,3)17-11-12(7-8-14(17)19)13-9-15(20)18(16(21)10-13)23(4,5)6/h7-11H,1-6H3. The molecule has 0 aliphatic carbocycles. The van der Waals surface area contributed by atoms with E-state index in [0.29, 0.717) is 0 Å². The van der Waals surface area contributed by atoms with Crippen LogP contribution in [0.25, 0.3) is 11.1 Å². The predicted octanol–water partition coefficient (Wildman–Crippen LogP) is 6.40. The minimum Gasteiger partial charge on any atom is -0.0845 e. The Labute approximate surface area is 156 Å². The Bertz CT molecular complexity index is 718. The molecule has 0 amide bonds. The normalized spacial score (nSPS) is 12.6. The van der Waals surface area contributed by atoms with Crippen molar-refractivity contribution in [3.05, 3.63) is 45.4 Å². The Morgan fingerprint density at radius 1 is 0.609 bits per heavy atom. The average Bonchev–Trinajstić information content (AvgIpc) is 2.35. The molecule has 0 N–H and O–H groups in total. The van der Waals surface area contributed by atoms with Crippen LogP contribution in [0, 0.1) is 0 Å². The predicted molar refractivity (Wildman–Crippen MR) is 113 cm³/mol. The molecule has 5 heteroatoms. The molecule has 0 aromatic heterocycles. The molecular weight excluding hydrogens is 379 g/mol. The molecule has 0 spiro atoms. The summed E-state index contributed by atoms with van der Waals surface area (Å²) in [7, 11) is -3.08. The molecule has 2 aromatic rings. The van der Waals surface area contributed by atoms with Crippen molar-refractivity contribution in [2.45, 2.75) is 39.3 Å². The lowest BCUT2D eigenvalue weighted by molar-refractivity contribution is 1.61. The van der Waals surface area contributed by atoms with E-state index in [1.54, 1.807) is 0 Å². The van der Waals surface area contributed by atoms with Crippen LogP contribution in [0.5, 0.6) is 0 Å². The van der Waals surface area contributed by atoms with Gasteiger partial charge in [0.25, 0.3) is 0 Å². The molecule has 0 unspecified atom stereocenters. The van der Waals surface area contributed by atoms with Crippen LogP contribution in [0.15, 0.2) is 30.3 Å². The van der Waals surface area contributed by atoms with Crippen LogP contribution in [-0.4, -0.2) is 16.1 Å². The van der Waals surface area contributed by atoms with E-state index in [-0.39, 0.29) is 0 Å². The lowest BCUT2D eigenvalue weighted by Gasteiger charge is -2.22. The van der Waals surface area contributed by atoms with Gasteiger partial charge in [-0.25, -0.2) is 0 Å². The first-order valence-electron chi connectivity index (χ1n) is 7.71. The van der Waals surface area contributed by atoms with E-state index < -0.39 is 16.1 Å². The summed E-state index contributed by atoms with van der Waals surface area (Å²) in [4.78, 5) is 0.